The number of carboxylic acid groups (broad SMARTS) is 1. The molecule has 0 spiro atoms. The molecule has 3 aromatic carbocycles. The topological polar surface area (TPSA) is 65.0 Å². The van der Waals surface area contributed by atoms with Crippen molar-refractivity contribution in [3.8, 4) is 29.1 Å². The molecule has 6 heteroatoms. The molecule has 1 N–H and O–H groups in total. The van der Waals surface area contributed by atoms with Gasteiger partial charge >= 0.3 is 5.97 Å². The van der Waals surface area contributed by atoms with Crippen molar-refractivity contribution in [3.05, 3.63) is 88.4 Å². The van der Waals surface area contributed by atoms with Crippen LogP contribution in [0.4, 0.5) is 0 Å². The number of hydrogen-bond acceptors (Lipinski definition) is 4. The van der Waals surface area contributed by atoms with Gasteiger partial charge in [0.25, 0.3) is 0 Å². The van der Waals surface area contributed by atoms with Crippen molar-refractivity contribution in [2.75, 3.05) is 20.3 Å². The molecule has 0 saturated heterocycles. The summed E-state index contributed by atoms with van der Waals surface area (Å²) in [6.07, 6.45) is 0.667. The zero-order valence-corrected chi connectivity index (χ0v) is 18.4. The van der Waals surface area contributed by atoms with Gasteiger partial charge in [0.1, 0.15) is 17.2 Å². The zero-order chi connectivity index (χ0) is 22.8. The minimum atomic E-state index is -0.856. The van der Waals surface area contributed by atoms with Gasteiger partial charge < -0.3 is 19.3 Å². The lowest BCUT2D eigenvalue weighted by Gasteiger charge is -2.10. The van der Waals surface area contributed by atoms with Gasteiger partial charge in [-0.1, -0.05) is 41.6 Å². The highest BCUT2D eigenvalue weighted by atomic mass is 35.5. The summed E-state index contributed by atoms with van der Waals surface area (Å²) in [5, 5.41) is 9.40. The van der Waals surface area contributed by atoms with Crippen molar-refractivity contribution in [1.29, 1.82) is 0 Å². The van der Waals surface area contributed by atoms with Crippen LogP contribution in [0.2, 0.25) is 5.02 Å². The first kappa shape index (κ1) is 23.1. The number of aliphatic carboxylic acids is 1. The number of ether oxygens (including phenoxy) is 3. The molecular weight excluding hydrogens is 428 g/mol. The lowest BCUT2D eigenvalue weighted by Crippen LogP contribution is -2.06. The highest BCUT2D eigenvalue weighted by Gasteiger charge is 2.04. The van der Waals surface area contributed by atoms with Gasteiger partial charge in [0.15, 0.2) is 0 Å². The Balaban J connectivity index is 1.53. The summed E-state index contributed by atoms with van der Waals surface area (Å²) in [6.45, 7) is 0.920. The lowest BCUT2D eigenvalue weighted by atomic mass is 10.1. The van der Waals surface area contributed by atoms with E-state index in [2.05, 4.69) is 11.8 Å². The van der Waals surface area contributed by atoms with E-state index in [1.165, 1.54) is 0 Å². The Kier molecular flexibility index (Phi) is 8.42. The molecule has 0 atom stereocenters. The lowest BCUT2D eigenvalue weighted by molar-refractivity contribution is -0.136. The van der Waals surface area contributed by atoms with E-state index in [1.807, 2.05) is 24.3 Å². The number of rotatable bonds is 9. The van der Waals surface area contributed by atoms with Gasteiger partial charge in [-0.3, -0.25) is 4.79 Å². The fourth-order valence-corrected chi connectivity index (χ4v) is 3.05. The Hall–Kier alpha value is -3.62. The summed E-state index contributed by atoms with van der Waals surface area (Å²) in [7, 11) is 1.62. The van der Waals surface area contributed by atoms with Crippen molar-refractivity contribution < 1.29 is 24.1 Å². The summed E-state index contributed by atoms with van der Waals surface area (Å²) >= 11 is 6.14. The van der Waals surface area contributed by atoms with E-state index in [0.29, 0.717) is 41.7 Å². The Morgan fingerprint density at radius 3 is 2.47 bits per heavy atom. The SMILES string of the molecule is COc1cccc(C#Cc2cc(Cl)ccc2OCCCOc2ccc(CC(=O)O)cc2)c1. The quantitative estimate of drug-likeness (QED) is 0.357. The van der Waals surface area contributed by atoms with E-state index in [1.54, 1.807) is 49.6 Å². The van der Waals surface area contributed by atoms with Gasteiger partial charge in [-0.15, -0.1) is 0 Å². The van der Waals surface area contributed by atoms with E-state index in [-0.39, 0.29) is 6.42 Å². The predicted octanol–water partition coefficient (Wildman–Crippen LogP) is 5.22. The van der Waals surface area contributed by atoms with Crippen LogP contribution >= 0.6 is 11.6 Å². The van der Waals surface area contributed by atoms with Gasteiger partial charge in [-0.05, 0) is 54.1 Å². The van der Waals surface area contributed by atoms with E-state index < -0.39 is 5.97 Å². The van der Waals surface area contributed by atoms with E-state index in [0.717, 1.165) is 16.9 Å². The van der Waals surface area contributed by atoms with Crippen LogP contribution < -0.4 is 14.2 Å². The monoisotopic (exact) mass is 450 g/mol. The number of carbonyl (C=O) groups is 1. The standard InChI is InChI=1S/C26H23ClO5/c1-30-24-5-2-4-19(16-24)6-9-21-18-22(27)10-13-25(21)32-15-3-14-31-23-11-7-20(8-12-23)17-26(28)29/h2,4-5,7-8,10-13,16,18H,3,14-15,17H2,1H3,(H,28,29). The minimum Gasteiger partial charge on any atom is -0.497 e. The molecule has 0 heterocycles. The molecule has 5 nitrogen and oxygen atoms in total. The third-order valence-corrected chi connectivity index (χ3v) is 4.68. The van der Waals surface area contributed by atoms with Crippen LogP contribution in [0.5, 0.6) is 17.2 Å². The molecular formula is C26H23ClO5. The van der Waals surface area contributed by atoms with Crippen molar-refractivity contribution in [3.63, 3.8) is 0 Å². The Bertz CT molecular complexity index is 1110. The van der Waals surface area contributed by atoms with Crippen LogP contribution in [0.1, 0.15) is 23.1 Å². The second-order valence-corrected chi connectivity index (χ2v) is 7.32. The van der Waals surface area contributed by atoms with Crippen LogP contribution in [0.3, 0.4) is 0 Å². The average Bonchev–Trinajstić information content (AvgIpc) is 2.79. The van der Waals surface area contributed by atoms with Crippen LogP contribution in [-0.4, -0.2) is 31.4 Å². The summed E-state index contributed by atoms with van der Waals surface area (Å²) in [6, 6.07) is 19.9. The van der Waals surface area contributed by atoms with Gasteiger partial charge in [-0.25, -0.2) is 0 Å². The van der Waals surface area contributed by atoms with Crippen LogP contribution in [0.25, 0.3) is 0 Å². The highest BCUT2D eigenvalue weighted by molar-refractivity contribution is 6.30. The molecule has 0 aromatic heterocycles. The smallest absolute Gasteiger partial charge is 0.307 e. The molecule has 0 fully saturated rings. The van der Waals surface area contributed by atoms with Crippen molar-refractivity contribution in [2.24, 2.45) is 0 Å². The molecule has 0 aliphatic carbocycles. The maximum Gasteiger partial charge on any atom is 0.307 e. The van der Waals surface area contributed by atoms with E-state index in [4.69, 9.17) is 30.9 Å². The maximum absolute atomic E-state index is 10.7. The van der Waals surface area contributed by atoms with Crippen molar-refractivity contribution in [2.45, 2.75) is 12.8 Å². The minimum absolute atomic E-state index is 0.00173. The largest absolute Gasteiger partial charge is 0.497 e. The van der Waals surface area contributed by atoms with Crippen LogP contribution in [0.15, 0.2) is 66.7 Å². The molecule has 0 amide bonds. The molecule has 0 bridgehead atoms. The summed E-state index contributed by atoms with van der Waals surface area (Å²) in [5.74, 6) is 7.47. The summed E-state index contributed by atoms with van der Waals surface area (Å²) in [4.78, 5) is 10.7. The fraction of sp³-hybridized carbons (Fsp3) is 0.192. The van der Waals surface area contributed by atoms with Gasteiger partial charge in [-0.2, -0.15) is 0 Å². The van der Waals surface area contributed by atoms with Crippen molar-refractivity contribution in [1.82, 2.24) is 0 Å². The molecule has 3 rings (SSSR count). The summed E-state index contributed by atoms with van der Waals surface area (Å²) in [5.41, 5.74) is 2.27. The van der Waals surface area contributed by atoms with Crippen molar-refractivity contribution >= 4 is 17.6 Å². The predicted molar refractivity (Wildman–Crippen MR) is 124 cm³/mol. The average molecular weight is 451 g/mol. The van der Waals surface area contributed by atoms with E-state index in [9.17, 15) is 4.79 Å². The Labute approximate surface area is 192 Å². The van der Waals surface area contributed by atoms with Gasteiger partial charge in [0, 0.05) is 17.0 Å². The number of hydrogen-bond donors (Lipinski definition) is 1. The molecule has 164 valence electrons. The zero-order valence-electron chi connectivity index (χ0n) is 17.6. The number of benzene rings is 3. The first-order chi connectivity index (χ1) is 15.5. The molecule has 0 saturated carbocycles. The highest BCUT2D eigenvalue weighted by Crippen LogP contribution is 2.23. The second kappa shape index (κ2) is 11.7. The fourth-order valence-electron chi connectivity index (χ4n) is 2.88. The molecule has 0 unspecified atom stereocenters. The molecule has 0 aliphatic heterocycles. The molecule has 3 aromatic rings. The van der Waals surface area contributed by atoms with Crippen LogP contribution in [0, 0.1) is 11.8 Å². The Morgan fingerprint density at radius 1 is 0.938 bits per heavy atom. The third kappa shape index (κ3) is 7.26. The first-order valence-electron chi connectivity index (χ1n) is 10.1. The third-order valence-electron chi connectivity index (χ3n) is 4.45. The first-order valence-corrected chi connectivity index (χ1v) is 10.4. The molecule has 32 heavy (non-hydrogen) atoms. The van der Waals surface area contributed by atoms with Gasteiger partial charge in [0.05, 0.1) is 32.3 Å². The maximum atomic E-state index is 10.7. The van der Waals surface area contributed by atoms with Crippen LogP contribution in [-0.2, 0) is 11.2 Å². The Morgan fingerprint density at radius 2 is 1.72 bits per heavy atom. The number of methoxy groups -OCH3 is 1. The van der Waals surface area contributed by atoms with E-state index >= 15 is 0 Å². The van der Waals surface area contributed by atoms with Gasteiger partial charge in [0.2, 0.25) is 0 Å². The molecule has 0 aliphatic rings. The molecule has 0 radical (unpaired) electrons. The normalized spacial score (nSPS) is 10.1. The second-order valence-electron chi connectivity index (χ2n) is 6.89. The number of carboxylic acids is 1. The number of halogens is 1. The summed E-state index contributed by atoms with van der Waals surface area (Å²) < 4.78 is 16.8.